The number of amides is 4. The number of carboxylic acid groups (broad SMARTS) is 1. The van der Waals surface area contributed by atoms with Gasteiger partial charge in [0.05, 0.1) is 18.2 Å². The van der Waals surface area contributed by atoms with Gasteiger partial charge in [-0.15, -0.1) is 0 Å². The Morgan fingerprint density at radius 3 is 2.32 bits per heavy atom. The molecule has 4 N–H and O–H groups in total. The van der Waals surface area contributed by atoms with Crippen molar-refractivity contribution in [2.75, 3.05) is 63.9 Å². The fourth-order valence-electron chi connectivity index (χ4n) is 7.74. The molecule has 0 bridgehead atoms. The number of para-hydroxylation sites is 1. The minimum Gasteiger partial charge on any atom is -0.450 e. The minimum atomic E-state index is -1.44. The van der Waals surface area contributed by atoms with Gasteiger partial charge < -0.3 is 40.5 Å². The number of piperidine rings is 2. The number of urea groups is 1. The Hall–Kier alpha value is -3.40. The largest absolute Gasteiger partial charge is 0.507 e. The molecule has 15 heteroatoms. The highest BCUT2D eigenvalue weighted by atomic mass is 79.9. The van der Waals surface area contributed by atoms with Gasteiger partial charge in [0, 0.05) is 65.9 Å². The van der Waals surface area contributed by atoms with Crippen LogP contribution in [-0.4, -0.2) is 125 Å². The van der Waals surface area contributed by atoms with Crippen LogP contribution in [0.15, 0.2) is 45.3 Å². The summed E-state index contributed by atoms with van der Waals surface area (Å²) in [5, 5.41) is 12.6. The lowest BCUT2D eigenvalue weighted by atomic mass is 9.92. The van der Waals surface area contributed by atoms with E-state index in [2.05, 4.69) is 54.0 Å². The number of ether oxygens (including phenoxy) is 1. The van der Waals surface area contributed by atoms with E-state index in [0.717, 1.165) is 42.7 Å². The van der Waals surface area contributed by atoms with E-state index in [1.165, 1.54) is 4.90 Å². The number of rotatable bonds is 8. The molecule has 2 unspecified atom stereocenters. The van der Waals surface area contributed by atoms with Crippen LogP contribution in [0.5, 0.6) is 0 Å². The van der Waals surface area contributed by atoms with Crippen LogP contribution in [0.2, 0.25) is 0 Å². The highest BCUT2D eigenvalue weighted by Crippen LogP contribution is 2.33. The summed E-state index contributed by atoms with van der Waals surface area (Å²) in [6.45, 7) is 4.56. The van der Waals surface area contributed by atoms with Gasteiger partial charge >= 0.3 is 12.2 Å². The topological polar surface area (TPSA) is 152 Å². The summed E-state index contributed by atoms with van der Waals surface area (Å²) < 4.78 is 6.69. The van der Waals surface area contributed by atoms with Crippen molar-refractivity contribution in [3.63, 3.8) is 0 Å². The lowest BCUT2D eigenvalue weighted by molar-refractivity contribution is -0.158. The number of carbonyl (C=O) groups is 4. The Bertz CT molecular complexity index is 1570. The second kappa shape index (κ2) is 15.9. The molecule has 270 valence electrons. The third kappa shape index (κ3) is 8.38. The summed E-state index contributed by atoms with van der Waals surface area (Å²) in [4.78, 5) is 62.8. The average molecular weight is 820 g/mol. The van der Waals surface area contributed by atoms with Crippen molar-refractivity contribution in [2.45, 2.75) is 63.4 Å². The number of carbonyl (C=O) groups excluding carboxylic acids is 3. The predicted molar refractivity (Wildman–Crippen MR) is 195 cm³/mol. The first-order chi connectivity index (χ1) is 24.0. The monoisotopic (exact) mass is 817 g/mol. The van der Waals surface area contributed by atoms with Crippen molar-refractivity contribution in [2.24, 2.45) is 5.92 Å². The van der Waals surface area contributed by atoms with E-state index in [4.69, 9.17) is 10.5 Å². The number of nitrogens with one attached hydrogen (secondary N) is 1. The van der Waals surface area contributed by atoms with E-state index in [1.807, 2.05) is 41.3 Å². The number of nitrogens with two attached hydrogens (primary N) is 1. The maximum Gasteiger partial charge on any atom is 0.507 e. The number of fused-ring (bicyclic) bond motifs is 1. The first kappa shape index (κ1) is 36.4. The summed E-state index contributed by atoms with van der Waals surface area (Å²) in [6, 6.07) is 11.6. The van der Waals surface area contributed by atoms with Gasteiger partial charge in [-0.1, -0.05) is 18.2 Å². The summed E-state index contributed by atoms with van der Waals surface area (Å²) in [5.74, 6) is -1.22. The third-order valence-electron chi connectivity index (χ3n) is 10.6. The molecular weight excluding hydrogens is 774 g/mol. The molecule has 4 aliphatic heterocycles. The molecule has 2 atom stereocenters. The third-order valence-corrected chi connectivity index (χ3v) is 11.9. The van der Waals surface area contributed by atoms with Gasteiger partial charge in [-0.3, -0.25) is 14.5 Å². The van der Waals surface area contributed by atoms with Crippen LogP contribution in [0.25, 0.3) is 0 Å². The number of likely N-dealkylation sites (tertiary alicyclic amines) is 2. The maximum absolute atomic E-state index is 14.4. The van der Waals surface area contributed by atoms with Crippen molar-refractivity contribution >= 4 is 67.2 Å². The Morgan fingerprint density at radius 1 is 0.980 bits per heavy atom. The Balaban J connectivity index is 1.15. The quantitative estimate of drug-likeness (QED) is 0.256. The standard InChI is InChI=1S/C35H45Br2N7O6/c1-40-10-6-25(7-11-40)42-14-15-43(31(21-42)50-35(48)49)33(46)24(16-22-17-27(36)32(38)28(37)18-22)19-30(45)41-12-8-26(9-13-41)44-20-23-4-2-3-5-29(23)39-34(44)47/h2-5,17-18,24-26,31H,6-16,19-21,38H2,1H3,(H,39,47)(H,48,49). The number of halogens is 2. The van der Waals surface area contributed by atoms with Gasteiger partial charge in [0.2, 0.25) is 11.8 Å². The molecule has 6 rings (SSSR count). The van der Waals surface area contributed by atoms with Crippen molar-refractivity contribution in [1.82, 2.24) is 24.5 Å². The Labute approximate surface area is 309 Å². The molecular formula is C35H45Br2N7O6. The molecule has 0 aromatic heterocycles. The van der Waals surface area contributed by atoms with Crippen LogP contribution in [0.4, 0.5) is 21.0 Å². The molecule has 0 spiro atoms. The van der Waals surface area contributed by atoms with Crippen LogP contribution in [0, 0.1) is 5.92 Å². The molecule has 0 aliphatic carbocycles. The normalized spacial score (nSPS) is 21.8. The van der Waals surface area contributed by atoms with E-state index in [9.17, 15) is 24.3 Å². The van der Waals surface area contributed by atoms with Gasteiger partial charge in [0.1, 0.15) is 0 Å². The second-order valence-electron chi connectivity index (χ2n) is 13.8. The van der Waals surface area contributed by atoms with Gasteiger partial charge in [-0.2, -0.15) is 0 Å². The Kier molecular flexibility index (Phi) is 11.6. The minimum absolute atomic E-state index is 0.0101. The van der Waals surface area contributed by atoms with E-state index in [1.54, 1.807) is 4.90 Å². The van der Waals surface area contributed by atoms with Crippen molar-refractivity contribution in [3.05, 3.63) is 56.5 Å². The molecule has 3 saturated heterocycles. The molecule has 4 heterocycles. The van der Waals surface area contributed by atoms with E-state index in [0.29, 0.717) is 66.2 Å². The molecule has 13 nitrogen and oxygen atoms in total. The van der Waals surface area contributed by atoms with Gasteiger partial charge in [-0.05, 0) is 113 Å². The highest BCUT2D eigenvalue weighted by Gasteiger charge is 2.40. The molecule has 50 heavy (non-hydrogen) atoms. The van der Waals surface area contributed by atoms with Gasteiger partial charge in [0.25, 0.3) is 0 Å². The highest BCUT2D eigenvalue weighted by molar-refractivity contribution is 9.11. The molecule has 0 saturated carbocycles. The van der Waals surface area contributed by atoms with E-state index < -0.39 is 18.3 Å². The zero-order valence-corrected chi connectivity index (χ0v) is 31.4. The van der Waals surface area contributed by atoms with Crippen molar-refractivity contribution < 1.29 is 29.0 Å². The fraction of sp³-hybridized carbons (Fsp3) is 0.543. The second-order valence-corrected chi connectivity index (χ2v) is 15.5. The smallest absolute Gasteiger partial charge is 0.450 e. The first-order valence-corrected chi connectivity index (χ1v) is 18.8. The summed E-state index contributed by atoms with van der Waals surface area (Å²) in [5.41, 5.74) is 9.37. The number of piperazine rings is 1. The predicted octanol–water partition coefficient (Wildman–Crippen LogP) is 4.64. The SMILES string of the molecule is CN1CCC(N2CCN(C(=O)C(CC(=O)N3CCC(N4Cc5ccccc5NC4=O)CC3)Cc3cc(Br)c(N)c(Br)c3)C(OC(=O)O)C2)CC1. The number of hydrogen-bond acceptors (Lipinski definition) is 8. The number of nitrogen functional groups attached to an aromatic ring is 1. The van der Waals surface area contributed by atoms with Crippen LogP contribution >= 0.6 is 31.9 Å². The average Bonchev–Trinajstić information content (AvgIpc) is 3.10. The van der Waals surface area contributed by atoms with Gasteiger partial charge in [0.15, 0.2) is 6.23 Å². The van der Waals surface area contributed by atoms with Crippen LogP contribution in [0.1, 0.15) is 43.2 Å². The van der Waals surface area contributed by atoms with E-state index >= 15 is 0 Å². The summed E-state index contributed by atoms with van der Waals surface area (Å²) >= 11 is 7.00. The van der Waals surface area contributed by atoms with Crippen LogP contribution in [0.3, 0.4) is 0 Å². The first-order valence-electron chi connectivity index (χ1n) is 17.3. The fourth-order valence-corrected chi connectivity index (χ4v) is 9.02. The summed E-state index contributed by atoms with van der Waals surface area (Å²) in [7, 11) is 2.09. The molecule has 2 aromatic carbocycles. The molecule has 4 aliphatic rings. The zero-order valence-electron chi connectivity index (χ0n) is 28.2. The van der Waals surface area contributed by atoms with Crippen molar-refractivity contribution in [3.8, 4) is 0 Å². The molecule has 0 radical (unpaired) electrons. The summed E-state index contributed by atoms with van der Waals surface area (Å²) in [6.07, 6.45) is 0.981. The van der Waals surface area contributed by atoms with E-state index in [-0.39, 0.29) is 43.3 Å². The van der Waals surface area contributed by atoms with Gasteiger partial charge in [-0.25, -0.2) is 9.59 Å². The molecule has 3 fully saturated rings. The maximum atomic E-state index is 14.4. The number of hydrogen-bond donors (Lipinski definition) is 3. The number of nitrogens with zero attached hydrogens (tertiary/aromatic N) is 5. The Morgan fingerprint density at radius 2 is 1.64 bits per heavy atom. The van der Waals surface area contributed by atoms with Crippen LogP contribution < -0.4 is 11.1 Å². The van der Waals surface area contributed by atoms with Crippen molar-refractivity contribution in [1.29, 1.82) is 0 Å². The zero-order chi connectivity index (χ0) is 35.5. The molecule has 4 amide bonds. The lowest BCUT2D eigenvalue weighted by Crippen LogP contribution is -2.61. The number of anilines is 2. The molecule has 2 aromatic rings. The lowest BCUT2D eigenvalue weighted by Gasteiger charge is -2.46. The van der Waals surface area contributed by atoms with Crippen LogP contribution in [-0.2, 0) is 27.3 Å². The number of benzene rings is 2.